The van der Waals surface area contributed by atoms with Crippen LogP contribution in [-0.4, -0.2) is 28.1 Å². The van der Waals surface area contributed by atoms with Crippen molar-refractivity contribution in [2.75, 3.05) is 0 Å². The van der Waals surface area contributed by atoms with E-state index in [4.69, 9.17) is 5.11 Å². The van der Waals surface area contributed by atoms with Crippen LogP contribution in [0.1, 0.15) is 24.0 Å². The summed E-state index contributed by atoms with van der Waals surface area (Å²) < 4.78 is 0. The molecule has 7 heteroatoms. The minimum Gasteiger partial charge on any atom is -0.480 e. The number of nitrogens with one attached hydrogen (secondary N) is 2. The molecule has 0 fully saturated rings. The molecule has 0 aromatic carbocycles. The van der Waals surface area contributed by atoms with E-state index in [0.717, 1.165) is 10.7 Å². The van der Waals surface area contributed by atoms with Gasteiger partial charge in [0.1, 0.15) is 6.04 Å². The van der Waals surface area contributed by atoms with Crippen LogP contribution in [0.3, 0.4) is 0 Å². The standard InChI is InChI=1S/C10H15N3O3S/c1-3-8(9(14)15)13-10(16)11-4-7-5-17-6(2)12-7/h5,8H,3-4H2,1-2H3,(H,14,15)(H2,11,13,16)/t8-/m0/s1. The van der Waals surface area contributed by atoms with Crippen molar-refractivity contribution in [2.24, 2.45) is 0 Å². The number of carboxylic acids is 1. The number of aliphatic carboxylic acids is 1. The van der Waals surface area contributed by atoms with E-state index in [1.165, 1.54) is 11.3 Å². The highest BCUT2D eigenvalue weighted by Crippen LogP contribution is 2.07. The molecule has 1 aromatic heterocycles. The number of carbonyl (C=O) groups excluding carboxylic acids is 1. The van der Waals surface area contributed by atoms with Crippen LogP contribution in [0, 0.1) is 6.92 Å². The molecule has 0 aliphatic rings. The zero-order valence-corrected chi connectivity index (χ0v) is 10.5. The Hall–Kier alpha value is -1.63. The zero-order chi connectivity index (χ0) is 12.8. The molecule has 1 heterocycles. The Morgan fingerprint density at radius 2 is 2.29 bits per heavy atom. The highest BCUT2D eigenvalue weighted by Gasteiger charge is 2.17. The van der Waals surface area contributed by atoms with Gasteiger partial charge in [-0.2, -0.15) is 0 Å². The van der Waals surface area contributed by atoms with Gasteiger partial charge in [-0.3, -0.25) is 0 Å². The second-order valence-electron chi connectivity index (χ2n) is 3.48. The molecule has 94 valence electrons. The molecule has 6 nitrogen and oxygen atoms in total. The van der Waals surface area contributed by atoms with Crippen LogP contribution in [0.2, 0.25) is 0 Å². The van der Waals surface area contributed by atoms with Crippen LogP contribution < -0.4 is 10.6 Å². The Kier molecular flexibility index (Phi) is 4.89. The topological polar surface area (TPSA) is 91.3 Å². The van der Waals surface area contributed by atoms with Gasteiger partial charge in [-0.05, 0) is 13.3 Å². The summed E-state index contributed by atoms with van der Waals surface area (Å²) in [5, 5.41) is 16.5. The van der Waals surface area contributed by atoms with Gasteiger partial charge in [0.15, 0.2) is 0 Å². The first kappa shape index (κ1) is 13.4. The molecule has 0 aliphatic carbocycles. The van der Waals surface area contributed by atoms with Crippen molar-refractivity contribution in [3.63, 3.8) is 0 Å². The second kappa shape index (κ2) is 6.19. The fourth-order valence-corrected chi connectivity index (χ4v) is 1.82. The number of carboxylic acid groups (broad SMARTS) is 1. The van der Waals surface area contributed by atoms with Gasteiger partial charge in [0.25, 0.3) is 0 Å². The fraction of sp³-hybridized carbons (Fsp3) is 0.500. The van der Waals surface area contributed by atoms with Gasteiger partial charge in [0.05, 0.1) is 17.2 Å². The predicted octanol–water partition coefficient (Wildman–Crippen LogP) is 1.11. The first-order chi connectivity index (χ1) is 8.02. The van der Waals surface area contributed by atoms with Crippen molar-refractivity contribution in [2.45, 2.75) is 32.9 Å². The van der Waals surface area contributed by atoms with Crippen LogP contribution in [0.25, 0.3) is 0 Å². The lowest BCUT2D eigenvalue weighted by Crippen LogP contribution is -2.45. The van der Waals surface area contributed by atoms with Gasteiger partial charge >= 0.3 is 12.0 Å². The van der Waals surface area contributed by atoms with E-state index in [2.05, 4.69) is 15.6 Å². The van der Waals surface area contributed by atoms with Crippen molar-refractivity contribution in [1.29, 1.82) is 0 Å². The van der Waals surface area contributed by atoms with Crippen LogP contribution in [0.5, 0.6) is 0 Å². The Morgan fingerprint density at radius 3 is 2.76 bits per heavy atom. The summed E-state index contributed by atoms with van der Waals surface area (Å²) >= 11 is 1.50. The number of aromatic nitrogens is 1. The lowest BCUT2D eigenvalue weighted by Gasteiger charge is -2.12. The third kappa shape index (κ3) is 4.39. The predicted molar refractivity (Wildman–Crippen MR) is 63.9 cm³/mol. The molecule has 0 spiro atoms. The number of hydrogen-bond donors (Lipinski definition) is 3. The number of carbonyl (C=O) groups is 2. The molecule has 0 aliphatic heterocycles. The van der Waals surface area contributed by atoms with E-state index >= 15 is 0 Å². The molecule has 1 rings (SSSR count). The first-order valence-corrected chi connectivity index (χ1v) is 6.09. The minimum atomic E-state index is -1.04. The minimum absolute atomic E-state index is 0.298. The summed E-state index contributed by atoms with van der Waals surface area (Å²) in [6.45, 7) is 3.88. The number of hydrogen-bond acceptors (Lipinski definition) is 4. The molecule has 3 N–H and O–H groups in total. The Labute approximate surface area is 103 Å². The van der Waals surface area contributed by atoms with E-state index in [-0.39, 0.29) is 0 Å². The van der Waals surface area contributed by atoms with Crippen LogP contribution in [0.15, 0.2) is 5.38 Å². The van der Waals surface area contributed by atoms with Crippen LogP contribution >= 0.6 is 11.3 Å². The van der Waals surface area contributed by atoms with Gasteiger partial charge in [0.2, 0.25) is 0 Å². The zero-order valence-electron chi connectivity index (χ0n) is 9.69. The largest absolute Gasteiger partial charge is 0.480 e. The summed E-state index contributed by atoms with van der Waals surface area (Å²) in [6.07, 6.45) is 0.346. The average molecular weight is 257 g/mol. The molecular weight excluding hydrogens is 242 g/mol. The molecule has 17 heavy (non-hydrogen) atoms. The molecule has 0 unspecified atom stereocenters. The maximum atomic E-state index is 11.4. The van der Waals surface area contributed by atoms with Gasteiger partial charge in [0, 0.05) is 5.38 Å². The van der Waals surface area contributed by atoms with Crippen molar-refractivity contribution in [3.8, 4) is 0 Å². The van der Waals surface area contributed by atoms with Crippen molar-refractivity contribution in [3.05, 3.63) is 16.1 Å². The molecule has 2 amide bonds. The van der Waals surface area contributed by atoms with E-state index in [1.807, 2.05) is 12.3 Å². The summed E-state index contributed by atoms with van der Waals surface area (Å²) in [6, 6.07) is -1.35. The van der Waals surface area contributed by atoms with Crippen molar-refractivity contribution < 1.29 is 14.7 Å². The number of aryl methyl sites for hydroxylation is 1. The SMILES string of the molecule is CC[C@H](NC(=O)NCc1csc(C)n1)C(=O)O. The van der Waals surface area contributed by atoms with Gasteiger partial charge in [-0.1, -0.05) is 6.92 Å². The van der Waals surface area contributed by atoms with E-state index < -0.39 is 18.0 Å². The summed E-state index contributed by atoms with van der Waals surface area (Å²) in [5.74, 6) is -1.04. The van der Waals surface area contributed by atoms with Gasteiger partial charge in [-0.15, -0.1) is 11.3 Å². The van der Waals surface area contributed by atoms with Gasteiger partial charge < -0.3 is 15.7 Å². The number of urea groups is 1. The number of nitrogens with zero attached hydrogens (tertiary/aromatic N) is 1. The highest BCUT2D eigenvalue weighted by molar-refractivity contribution is 7.09. The molecule has 0 bridgehead atoms. The monoisotopic (exact) mass is 257 g/mol. The third-order valence-corrected chi connectivity index (χ3v) is 2.93. The Morgan fingerprint density at radius 1 is 1.59 bits per heavy atom. The van der Waals surface area contributed by atoms with Crippen molar-refractivity contribution in [1.82, 2.24) is 15.6 Å². The average Bonchev–Trinajstić information content (AvgIpc) is 2.68. The fourth-order valence-electron chi connectivity index (χ4n) is 1.21. The highest BCUT2D eigenvalue weighted by atomic mass is 32.1. The summed E-state index contributed by atoms with van der Waals surface area (Å²) in [5.41, 5.74) is 0.769. The maximum absolute atomic E-state index is 11.4. The lowest BCUT2D eigenvalue weighted by atomic mass is 10.2. The third-order valence-electron chi connectivity index (χ3n) is 2.11. The normalized spacial score (nSPS) is 11.9. The molecule has 0 saturated carbocycles. The molecular formula is C10H15N3O3S. The van der Waals surface area contributed by atoms with Gasteiger partial charge in [-0.25, -0.2) is 14.6 Å². The number of rotatable bonds is 5. The van der Waals surface area contributed by atoms with Crippen LogP contribution in [-0.2, 0) is 11.3 Å². The maximum Gasteiger partial charge on any atom is 0.326 e. The molecule has 0 radical (unpaired) electrons. The summed E-state index contributed by atoms with van der Waals surface area (Å²) in [7, 11) is 0. The molecule has 0 saturated heterocycles. The Bertz CT molecular complexity index is 405. The first-order valence-electron chi connectivity index (χ1n) is 5.21. The summed E-state index contributed by atoms with van der Waals surface area (Å²) in [4.78, 5) is 26.3. The lowest BCUT2D eigenvalue weighted by molar-refractivity contribution is -0.139. The quantitative estimate of drug-likeness (QED) is 0.737. The van der Waals surface area contributed by atoms with Crippen molar-refractivity contribution >= 4 is 23.3 Å². The van der Waals surface area contributed by atoms with E-state index in [9.17, 15) is 9.59 Å². The van der Waals surface area contributed by atoms with E-state index in [1.54, 1.807) is 6.92 Å². The number of amides is 2. The molecule has 1 atom stereocenters. The smallest absolute Gasteiger partial charge is 0.326 e. The number of thiazole rings is 1. The second-order valence-corrected chi connectivity index (χ2v) is 4.55. The van der Waals surface area contributed by atoms with Crippen LogP contribution in [0.4, 0.5) is 4.79 Å². The Balaban J connectivity index is 2.37. The van der Waals surface area contributed by atoms with E-state index in [0.29, 0.717) is 13.0 Å². The molecule has 1 aromatic rings.